The Bertz CT molecular complexity index is 537. The lowest BCUT2D eigenvalue weighted by atomic mass is 9.68. The van der Waals surface area contributed by atoms with E-state index in [1.165, 1.54) is 24.8 Å². The average Bonchev–Trinajstić information content (AvgIpc) is 2.53. The van der Waals surface area contributed by atoms with Gasteiger partial charge in [0, 0.05) is 24.6 Å². The molecule has 0 amide bonds. The van der Waals surface area contributed by atoms with Crippen LogP contribution in [0.3, 0.4) is 0 Å². The molecule has 5 nitrogen and oxygen atoms in total. The van der Waals surface area contributed by atoms with E-state index in [0.717, 1.165) is 43.5 Å². The lowest BCUT2D eigenvalue weighted by Crippen LogP contribution is -2.52. The van der Waals surface area contributed by atoms with Gasteiger partial charge in [0.15, 0.2) is 5.96 Å². The number of rotatable bonds is 5. The fourth-order valence-electron chi connectivity index (χ4n) is 3.10. The second-order valence-electron chi connectivity index (χ2n) is 6.27. The van der Waals surface area contributed by atoms with Crippen molar-refractivity contribution in [3.8, 4) is 11.5 Å². The van der Waals surface area contributed by atoms with Gasteiger partial charge in [-0.1, -0.05) is 6.42 Å². The Hall–Kier alpha value is -1.18. The number of ether oxygens (including phenoxy) is 2. The van der Waals surface area contributed by atoms with Gasteiger partial charge >= 0.3 is 0 Å². The third-order valence-corrected chi connectivity index (χ3v) is 4.73. The van der Waals surface area contributed by atoms with Gasteiger partial charge in [-0.05, 0) is 37.0 Å². The Morgan fingerprint density at radius 1 is 1.17 bits per heavy atom. The molecule has 23 heavy (non-hydrogen) atoms. The molecule has 1 aromatic rings. The lowest BCUT2D eigenvalue weighted by molar-refractivity contribution is 0.142. The maximum absolute atomic E-state index is 5.30. The molecule has 1 heterocycles. The van der Waals surface area contributed by atoms with Crippen molar-refractivity contribution < 1.29 is 9.47 Å². The molecule has 0 aromatic heterocycles. The van der Waals surface area contributed by atoms with E-state index in [2.05, 4.69) is 15.6 Å². The molecule has 1 saturated carbocycles. The van der Waals surface area contributed by atoms with Crippen LogP contribution in [0.1, 0.15) is 24.8 Å². The summed E-state index contributed by atoms with van der Waals surface area (Å²) in [5.74, 6) is 2.59. The second kappa shape index (κ2) is 8.08. The van der Waals surface area contributed by atoms with Crippen LogP contribution < -0.4 is 20.1 Å². The molecule has 2 aliphatic rings. The molecule has 0 saturated heterocycles. The van der Waals surface area contributed by atoms with Crippen LogP contribution in [0.2, 0.25) is 0 Å². The van der Waals surface area contributed by atoms with Crippen molar-refractivity contribution in [2.45, 2.75) is 25.7 Å². The van der Waals surface area contributed by atoms with Gasteiger partial charge in [0.25, 0.3) is 0 Å². The SMILES string of the molecule is COc1cc(CCNC2=NCC3(CCC3)CN2)cc(OC)c1.I. The zero-order valence-corrected chi connectivity index (χ0v) is 16.2. The molecule has 1 fully saturated rings. The van der Waals surface area contributed by atoms with E-state index in [0.29, 0.717) is 5.41 Å². The van der Waals surface area contributed by atoms with Crippen LogP contribution in [-0.4, -0.2) is 39.8 Å². The molecule has 2 N–H and O–H groups in total. The van der Waals surface area contributed by atoms with E-state index in [-0.39, 0.29) is 24.0 Å². The van der Waals surface area contributed by atoms with Crippen molar-refractivity contribution in [2.24, 2.45) is 10.4 Å². The summed E-state index contributed by atoms with van der Waals surface area (Å²) in [4.78, 5) is 4.65. The van der Waals surface area contributed by atoms with Gasteiger partial charge in [0.05, 0.1) is 20.8 Å². The Morgan fingerprint density at radius 2 is 1.87 bits per heavy atom. The summed E-state index contributed by atoms with van der Waals surface area (Å²) in [6.45, 7) is 2.87. The molecule has 1 aromatic carbocycles. The van der Waals surface area contributed by atoms with Crippen molar-refractivity contribution in [1.29, 1.82) is 0 Å². The summed E-state index contributed by atoms with van der Waals surface area (Å²) in [7, 11) is 3.35. The van der Waals surface area contributed by atoms with E-state index in [1.54, 1.807) is 14.2 Å². The maximum Gasteiger partial charge on any atom is 0.191 e. The number of hydrogen-bond donors (Lipinski definition) is 2. The highest BCUT2D eigenvalue weighted by Crippen LogP contribution is 2.41. The maximum atomic E-state index is 5.30. The van der Waals surface area contributed by atoms with Crippen molar-refractivity contribution >= 4 is 29.9 Å². The Morgan fingerprint density at radius 3 is 2.35 bits per heavy atom. The van der Waals surface area contributed by atoms with Crippen molar-refractivity contribution in [1.82, 2.24) is 10.6 Å². The standard InChI is InChI=1S/C17H25N3O2.HI/c1-21-14-8-13(9-15(10-14)22-2)4-7-18-16-19-11-17(12-20-16)5-3-6-17;/h8-10H,3-7,11-12H2,1-2H3,(H2,18,19,20);1H. The smallest absolute Gasteiger partial charge is 0.191 e. The van der Waals surface area contributed by atoms with Gasteiger partial charge in [-0.3, -0.25) is 4.99 Å². The summed E-state index contributed by atoms with van der Waals surface area (Å²) in [6.07, 6.45) is 4.90. The molecular weight excluding hydrogens is 405 g/mol. The molecule has 6 heteroatoms. The van der Waals surface area contributed by atoms with Gasteiger partial charge in [0.2, 0.25) is 0 Å². The monoisotopic (exact) mass is 431 g/mol. The first kappa shape index (κ1) is 18.2. The zero-order chi connectivity index (χ0) is 15.4. The summed E-state index contributed by atoms with van der Waals surface area (Å²) in [5.41, 5.74) is 1.65. The quantitative estimate of drug-likeness (QED) is 0.704. The molecule has 1 spiro atoms. The fourth-order valence-corrected chi connectivity index (χ4v) is 3.10. The third-order valence-electron chi connectivity index (χ3n) is 4.73. The van der Waals surface area contributed by atoms with Crippen molar-refractivity contribution in [3.63, 3.8) is 0 Å². The fraction of sp³-hybridized carbons (Fsp3) is 0.588. The predicted octanol–water partition coefficient (Wildman–Crippen LogP) is 2.58. The van der Waals surface area contributed by atoms with Gasteiger partial charge in [0.1, 0.15) is 11.5 Å². The first-order chi connectivity index (χ1) is 10.7. The molecule has 0 radical (unpaired) electrons. The molecule has 0 unspecified atom stereocenters. The predicted molar refractivity (Wildman–Crippen MR) is 103 cm³/mol. The highest BCUT2D eigenvalue weighted by molar-refractivity contribution is 14.0. The minimum absolute atomic E-state index is 0. The molecule has 0 atom stereocenters. The van der Waals surface area contributed by atoms with Gasteiger partial charge in [-0.2, -0.15) is 0 Å². The Labute approximate surface area is 155 Å². The summed E-state index contributed by atoms with van der Waals surface area (Å²) in [5, 5.41) is 6.82. The number of aliphatic imine (C=N–C) groups is 1. The normalized spacial score (nSPS) is 18.1. The van der Waals surface area contributed by atoms with E-state index in [4.69, 9.17) is 9.47 Å². The minimum atomic E-state index is 0. The molecule has 1 aliphatic carbocycles. The number of benzene rings is 1. The van der Waals surface area contributed by atoms with Gasteiger partial charge in [-0.15, -0.1) is 24.0 Å². The second-order valence-corrected chi connectivity index (χ2v) is 6.27. The van der Waals surface area contributed by atoms with Gasteiger partial charge in [-0.25, -0.2) is 0 Å². The number of methoxy groups -OCH3 is 2. The topological polar surface area (TPSA) is 54.9 Å². The number of hydrogen-bond acceptors (Lipinski definition) is 5. The molecule has 0 bridgehead atoms. The van der Waals surface area contributed by atoms with Gasteiger partial charge < -0.3 is 20.1 Å². The highest BCUT2D eigenvalue weighted by Gasteiger charge is 2.38. The lowest BCUT2D eigenvalue weighted by Gasteiger charge is -2.43. The van der Waals surface area contributed by atoms with Crippen LogP contribution in [0.5, 0.6) is 11.5 Å². The number of guanidine groups is 1. The number of nitrogens with one attached hydrogen (secondary N) is 2. The number of halogens is 1. The van der Waals surface area contributed by atoms with E-state index in [1.807, 2.05) is 18.2 Å². The zero-order valence-electron chi connectivity index (χ0n) is 13.9. The third kappa shape index (κ3) is 4.43. The summed E-state index contributed by atoms with van der Waals surface area (Å²) in [6, 6.07) is 5.98. The summed E-state index contributed by atoms with van der Waals surface area (Å²) < 4.78 is 10.6. The largest absolute Gasteiger partial charge is 0.497 e. The highest BCUT2D eigenvalue weighted by atomic mass is 127. The van der Waals surface area contributed by atoms with Crippen LogP contribution >= 0.6 is 24.0 Å². The average molecular weight is 431 g/mol. The van der Waals surface area contributed by atoms with Crippen LogP contribution in [0, 0.1) is 5.41 Å². The number of nitrogens with zero attached hydrogens (tertiary/aromatic N) is 1. The van der Waals surface area contributed by atoms with Crippen LogP contribution in [0.15, 0.2) is 23.2 Å². The van der Waals surface area contributed by atoms with Crippen LogP contribution in [0.4, 0.5) is 0 Å². The summed E-state index contributed by atoms with van der Waals surface area (Å²) >= 11 is 0. The first-order valence-corrected chi connectivity index (χ1v) is 7.97. The minimum Gasteiger partial charge on any atom is -0.497 e. The molecule has 1 aliphatic heterocycles. The van der Waals surface area contributed by atoms with Crippen LogP contribution in [0.25, 0.3) is 0 Å². The molecular formula is C17H26IN3O2. The van der Waals surface area contributed by atoms with Crippen molar-refractivity contribution in [2.75, 3.05) is 33.9 Å². The molecule has 128 valence electrons. The Kier molecular flexibility index (Phi) is 6.38. The van der Waals surface area contributed by atoms with Crippen LogP contribution in [-0.2, 0) is 6.42 Å². The first-order valence-electron chi connectivity index (χ1n) is 7.97. The van der Waals surface area contributed by atoms with E-state index < -0.39 is 0 Å². The van der Waals surface area contributed by atoms with E-state index >= 15 is 0 Å². The van der Waals surface area contributed by atoms with E-state index in [9.17, 15) is 0 Å². The molecule has 3 rings (SSSR count). The van der Waals surface area contributed by atoms with Crippen molar-refractivity contribution in [3.05, 3.63) is 23.8 Å². The Balaban J connectivity index is 0.00000192.